The largest absolute Gasteiger partial charge is 0.374 e. The maximum absolute atomic E-state index is 12.9. The van der Waals surface area contributed by atoms with E-state index < -0.39 is 0 Å². The Kier molecular flexibility index (Phi) is 5.90. The predicted molar refractivity (Wildman–Crippen MR) is 116 cm³/mol. The third-order valence-corrected chi connectivity index (χ3v) is 6.61. The summed E-state index contributed by atoms with van der Waals surface area (Å²) in [6.07, 6.45) is 1.34. The molecule has 160 valence electrons. The Morgan fingerprint density at radius 1 is 1.10 bits per heavy atom. The van der Waals surface area contributed by atoms with Gasteiger partial charge in [-0.1, -0.05) is 29.8 Å². The van der Waals surface area contributed by atoms with Gasteiger partial charge < -0.3 is 15.1 Å². The van der Waals surface area contributed by atoms with Crippen LogP contribution in [0, 0.1) is 0 Å². The molecule has 1 N–H and O–H groups in total. The summed E-state index contributed by atoms with van der Waals surface area (Å²) in [5, 5.41) is 3.74. The number of piperazine rings is 1. The van der Waals surface area contributed by atoms with Gasteiger partial charge in [-0.15, -0.1) is 0 Å². The van der Waals surface area contributed by atoms with Gasteiger partial charge in [0, 0.05) is 45.3 Å². The summed E-state index contributed by atoms with van der Waals surface area (Å²) in [5.74, 6) is -0.323. The van der Waals surface area contributed by atoms with Gasteiger partial charge in [0.05, 0.1) is 28.0 Å². The summed E-state index contributed by atoms with van der Waals surface area (Å²) < 4.78 is 0. The fourth-order valence-electron chi connectivity index (χ4n) is 4.04. The van der Waals surface area contributed by atoms with Crippen LogP contribution in [-0.2, 0) is 14.4 Å². The molecule has 1 aromatic carbocycles. The number of nitrogens with zero attached hydrogens (tertiary/aromatic N) is 4. The topological polar surface area (TPSA) is 76.2 Å². The van der Waals surface area contributed by atoms with Crippen LogP contribution in [0.5, 0.6) is 0 Å². The Morgan fingerprint density at radius 3 is 2.43 bits per heavy atom. The molecule has 0 atom stereocenters. The molecule has 10 heteroatoms. The smallest absolute Gasteiger partial charge is 0.246 e. The van der Waals surface area contributed by atoms with Gasteiger partial charge in [-0.3, -0.25) is 24.2 Å². The maximum Gasteiger partial charge on any atom is 0.246 e. The zero-order chi connectivity index (χ0) is 21.4. The molecule has 1 aromatic rings. The number of hydrogen-bond donors (Lipinski definition) is 1. The number of amides is 3. The Balaban J connectivity index is 1.34. The van der Waals surface area contributed by atoms with Crippen molar-refractivity contribution in [3.8, 4) is 0 Å². The van der Waals surface area contributed by atoms with E-state index in [4.69, 9.17) is 23.2 Å². The standard InChI is InChI=1S/C20H23Cl2N5O3/c1-2-18(28)26-10-13(11-26)24-3-5-25(6-4-24)20(30)12-27-17-8-15(22)14(21)7-16(17)23-9-19(27)29/h2,7-8,13,23H,1,3-6,9-12H2. The third kappa shape index (κ3) is 3.99. The quantitative estimate of drug-likeness (QED) is 0.698. The van der Waals surface area contributed by atoms with Crippen LogP contribution in [0.2, 0.25) is 10.0 Å². The number of anilines is 2. The minimum absolute atomic E-state index is 0.0312. The highest BCUT2D eigenvalue weighted by Crippen LogP contribution is 2.37. The van der Waals surface area contributed by atoms with E-state index in [2.05, 4.69) is 16.8 Å². The molecule has 3 heterocycles. The van der Waals surface area contributed by atoms with Crippen molar-refractivity contribution in [1.82, 2.24) is 14.7 Å². The molecule has 3 aliphatic heterocycles. The van der Waals surface area contributed by atoms with Crippen LogP contribution in [-0.4, -0.2) is 90.8 Å². The minimum Gasteiger partial charge on any atom is -0.374 e. The van der Waals surface area contributed by atoms with Gasteiger partial charge in [0.15, 0.2) is 0 Å². The summed E-state index contributed by atoms with van der Waals surface area (Å²) in [6, 6.07) is 3.61. The molecular weight excluding hydrogens is 429 g/mol. The zero-order valence-corrected chi connectivity index (χ0v) is 18.0. The molecule has 2 fully saturated rings. The Morgan fingerprint density at radius 2 is 1.77 bits per heavy atom. The number of likely N-dealkylation sites (tertiary alicyclic amines) is 1. The van der Waals surface area contributed by atoms with E-state index in [0.717, 1.165) is 13.1 Å². The van der Waals surface area contributed by atoms with Crippen LogP contribution < -0.4 is 10.2 Å². The van der Waals surface area contributed by atoms with Gasteiger partial charge in [0.1, 0.15) is 6.54 Å². The SMILES string of the molecule is C=CC(=O)N1CC(N2CCN(C(=O)CN3C(=O)CNc4cc(Cl)c(Cl)cc43)CC2)C1. The number of carbonyl (C=O) groups excluding carboxylic acids is 3. The first-order valence-corrected chi connectivity index (χ1v) is 10.6. The van der Waals surface area contributed by atoms with Crippen molar-refractivity contribution in [2.24, 2.45) is 0 Å². The van der Waals surface area contributed by atoms with Crippen molar-refractivity contribution in [2.75, 3.05) is 62.6 Å². The van der Waals surface area contributed by atoms with Gasteiger partial charge in [-0.2, -0.15) is 0 Å². The number of fused-ring (bicyclic) bond motifs is 1. The molecule has 0 aromatic heterocycles. The first kappa shape index (κ1) is 21.0. The Hall–Kier alpha value is -2.29. The van der Waals surface area contributed by atoms with E-state index in [0.29, 0.717) is 53.6 Å². The molecular formula is C20H23Cl2N5O3. The van der Waals surface area contributed by atoms with Crippen LogP contribution in [0.4, 0.5) is 11.4 Å². The van der Waals surface area contributed by atoms with E-state index in [9.17, 15) is 14.4 Å². The molecule has 8 nitrogen and oxygen atoms in total. The van der Waals surface area contributed by atoms with Crippen LogP contribution in [0.3, 0.4) is 0 Å². The molecule has 0 aliphatic carbocycles. The first-order chi connectivity index (χ1) is 14.4. The molecule has 3 aliphatic rings. The first-order valence-electron chi connectivity index (χ1n) is 9.84. The van der Waals surface area contributed by atoms with Gasteiger partial charge in [-0.25, -0.2) is 0 Å². The molecule has 2 saturated heterocycles. The number of benzene rings is 1. The highest BCUT2D eigenvalue weighted by atomic mass is 35.5. The van der Waals surface area contributed by atoms with Crippen molar-refractivity contribution in [3.05, 3.63) is 34.8 Å². The van der Waals surface area contributed by atoms with E-state index in [1.807, 2.05) is 0 Å². The average molecular weight is 452 g/mol. The lowest BCUT2D eigenvalue weighted by molar-refractivity contribution is -0.136. The highest BCUT2D eigenvalue weighted by Gasteiger charge is 2.36. The van der Waals surface area contributed by atoms with E-state index in [1.165, 1.54) is 11.0 Å². The lowest BCUT2D eigenvalue weighted by Gasteiger charge is -2.48. The summed E-state index contributed by atoms with van der Waals surface area (Å²) >= 11 is 12.2. The molecule has 4 rings (SSSR count). The molecule has 0 radical (unpaired) electrons. The van der Waals surface area contributed by atoms with Crippen molar-refractivity contribution < 1.29 is 14.4 Å². The van der Waals surface area contributed by atoms with Crippen molar-refractivity contribution in [1.29, 1.82) is 0 Å². The molecule has 0 bridgehead atoms. The normalized spacial score (nSPS) is 19.8. The monoisotopic (exact) mass is 451 g/mol. The second kappa shape index (κ2) is 8.45. The summed E-state index contributed by atoms with van der Waals surface area (Å²) in [7, 11) is 0. The second-order valence-corrected chi connectivity index (χ2v) is 8.45. The van der Waals surface area contributed by atoms with Crippen molar-refractivity contribution in [2.45, 2.75) is 6.04 Å². The van der Waals surface area contributed by atoms with E-state index >= 15 is 0 Å². The fourth-order valence-corrected chi connectivity index (χ4v) is 4.36. The van der Waals surface area contributed by atoms with Gasteiger partial charge in [-0.05, 0) is 18.2 Å². The lowest BCUT2D eigenvalue weighted by Crippen LogP contribution is -2.64. The van der Waals surface area contributed by atoms with Gasteiger partial charge >= 0.3 is 0 Å². The number of hydrogen-bond acceptors (Lipinski definition) is 5. The second-order valence-electron chi connectivity index (χ2n) is 7.63. The van der Waals surface area contributed by atoms with Gasteiger partial charge in [0.25, 0.3) is 0 Å². The third-order valence-electron chi connectivity index (χ3n) is 5.89. The Labute approximate surface area is 185 Å². The lowest BCUT2D eigenvalue weighted by atomic mass is 10.1. The Bertz CT molecular complexity index is 895. The molecule has 30 heavy (non-hydrogen) atoms. The molecule has 0 spiro atoms. The summed E-state index contributed by atoms with van der Waals surface area (Å²) in [5.41, 5.74) is 1.25. The van der Waals surface area contributed by atoms with Crippen LogP contribution in [0.25, 0.3) is 0 Å². The summed E-state index contributed by atoms with van der Waals surface area (Å²) in [6.45, 7) is 7.68. The molecule has 0 saturated carbocycles. The summed E-state index contributed by atoms with van der Waals surface area (Å²) in [4.78, 5) is 44.2. The molecule has 3 amide bonds. The van der Waals surface area contributed by atoms with Gasteiger partial charge in [0.2, 0.25) is 17.7 Å². The number of carbonyl (C=O) groups is 3. The van der Waals surface area contributed by atoms with Crippen LogP contribution in [0.1, 0.15) is 0 Å². The molecule has 0 unspecified atom stereocenters. The van der Waals surface area contributed by atoms with E-state index in [1.54, 1.807) is 21.9 Å². The average Bonchev–Trinajstić information content (AvgIpc) is 2.70. The van der Waals surface area contributed by atoms with Crippen LogP contribution >= 0.6 is 23.2 Å². The number of halogens is 2. The zero-order valence-electron chi connectivity index (χ0n) is 16.4. The fraction of sp³-hybridized carbons (Fsp3) is 0.450. The number of rotatable bonds is 4. The number of nitrogens with one attached hydrogen (secondary N) is 1. The predicted octanol–water partition coefficient (Wildman–Crippen LogP) is 1.29. The highest BCUT2D eigenvalue weighted by molar-refractivity contribution is 6.42. The van der Waals surface area contributed by atoms with Crippen LogP contribution in [0.15, 0.2) is 24.8 Å². The van der Waals surface area contributed by atoms with E-state index in [-0.39, 0.29) is 30.8 Å². The maximum atomic E-state index is 12.9. The van der Waals surface area contributed by atoms with Crippen molar-refractivity contribution in [3.63, 3.8) is 0 Å². The minimum atomic E-state index is -0.186. The van der Waals surface area contributed by atoms with Crippen molar-refractivity contribution >= 4 is 52.3 Å².